The summed E-state index contributed by atoms with van der Waals surface area (Å²) in [5.41, 5.74) is 8.38. The van der Waals surface area contributed by atoms with Crippen molar-refractivity contribution in [1.82, 2.24) is 19.9 Å². The molecule has 1 saturated heterocycles. The van der Waals surface area contributed by atoms with Crippen molar-refractivity contribution in [2.75, 3.05) is 18.0 Å². The van der Waals surface area contributed by atoms with Crippen molar-refractivity contribution >= 4 is 5.95 Å². The van der Waals surface area contributed by atoms with Crippen LogP contribution in [0.15, 0.2) is 24.7 Å². The fraction of sp³-hybridized carbons (Fsp3) is 0.467. The van der Waals surface area contributed by atoms with Crippen LogP contribution in [-0.2, 0) is 0 Å². The number of hydrogen-bond acceptors (Lipinski definition) is 6. The first-order valence-electron chi connectivity index (χ1n) is 7.37. The van der Waals surface area contributed by atoms with Crippen molar-refractivity contribution < 1.29 is 0 Å². The van der Waals surface area contributed by atoms with E-state index >= 15 is 0 Å². The van der Waals surface area contributed by atoms with Gasteiger partial charge < -0.3 is 10.6 Å². The van der Waals surface area contributed by atoms with Crippen molar-refractivity contribution in [3.05, 3.63) is 30.4 Å². The molecule has 1 aliphatic heterocycles. The number of nitrogens with two attached hydrogens (primary N) is 1. The van der Waals surface area contributed by atoms with Crippen molar-refractivity contribution in [1.29, 1.82) is 0 Å². The van der Waals surface area contributed by atoms with Gasteiger partial charge in [-0.15, -0.1) is 0 Å². The van der Waals surface area contributed by atoms with Gasteiger partial charge >= 0.3 is 0 Å². The zero-order valence-corrected chi connectivity index (χ0v) is 12.2. The SMILES string of the molecule is Cc1nccnc1-c1ccnc(N2CCCCC2CN)n1. The van der Waals surface area contributed by atoms with Crippen LogP contribution in [-0.4, -0.2) is 39.1 Å². The minimum atomic E-state index is 0.331. The van der Waals surface area contributed by atoms with Crippen molar-refractivity contribution in [2.45, 2.75) is 32.2 Å². The van der Waals surface area contributed by atoms with Crippen molar-refractivity contribution in [2.24, 2.45) is 5.73 Å². The van der Waals surface area contributed by atoms with Crippen LogP contribution in [0.5, 0.6) is 0 Å². The molecule has 1 aliphatic rings. The minimum absolute atomic E-state index is 0.331. The van der Waals surface area contributed by atoms with E-state index in [-0.39, 0.29) is 0 Å². The van der Waals surface area contributed by atoms with Gasteiger partial charge in [-0.3, -0.25) is 9.97 Å². The predicted octanol–water partition coefficient (Wildman–Crippen LogP) is 1.56. The highest BCUT2D eigenvalue weighted by Gasteiger charge is 2.23. The average molecular weight is 284 g/mol. The molecule has 1 atom stereocenters. The molecule has 6 nitrogen and oxygen atoms in total. The molecule has 21 heavy (non-hydrogen) atoms. The highest BCUT2D eigenvalue weighted by molar-refractivity contribution is 5.57. The summed E-state index contributed by atoms with van der Waals surface area (Å²) in [5, 5.41) is 0. The van der Waals surface area contributed by atoms with E-state index in [4.69, 9.17) is 5.73 Å². The first-order chi connectivity index (χ1) is 10.3. The largest absolute Gasteiger partial charge is 0.337 e. The molecule has 1 unspecified atom stereocenters. The zero-order valence-electron chi connectivity index (χ0n) is 12.2. The van der Waals surface area contributed by atoms with E-state index in [0.717, 1.165) is 42.4 Å². The van der Waals surface area contributed by atoms with Gasteiger partial charge in [0, 0.05) is 37.7 Å². The molecule has 0 spiro atoms. The van der Waals surface area contributed by atoms with Crippen LogP contribution in [0, 0.1) is 6.92 Å². The highest BCUT2D eigenvalue weighted by Crippen LogP contribution is 2.23. The van der Waals surface area contributed by atoms with Crippen LogP contribution in [0.4, 0.5) is 5.95 Å². The molecule has 2 aromatic rings. The molecular weight excluding hydrogens is 264 g/mol. The van der Waals surface area contributed by atoms with Crippen LogP contribution in [0.1, 0.15) is 25.0 Å². The summed E-state index contributed by atoms with van der Waals surface area (Å²) >= 11 is 0. The average Bonchev–Trinajstić information content (AvgIpc) is 2.55. The Morgan fingerprint density at radius 1 is 1.19 bits per heavy atom. The van der Waals surface area contributed by atoms with Crippen LogP contribution >= 0.6 is 0 Å². The van der Waals surface area contributed by atoms with Crippen molar-refractivity contribution in [3.8, 4) is 11.4 Å². The predicted molar refractivity (Wildman–Crippen MR) is 81.8 cm³/mol. The van der Waals surface area contributed by atoms with Gasteiger partial charge in [-0.2, -0.15) is 0 Å². The number of anilines is 1. The fourth-order valence-electron chi connectivity index (χ4n) is 2.79. The number of aryl methyl sites for hydroxylation is 1. The third-order valence-corrected chi connectivity index (χ3v) is 3.92. The maximum absolute atomic E-state index is 5.88. The van der Waals surface area contributed by atoms with E-state index in [1.807, 2.05) is 13.0 Å². The van der Waals surface area contributed by atoms with E-state index in [2.05, 4.69) is 24.8 Å². The molecule has 110 valence electrons. The number of piperidine rings is 1. The molecule has 6 heteroatoms. The molecule has 0 amide bonds. The Labute approximate surface area is 124 Å². The highest BCUT2D eigenvalue weighted by atomic mass is 15.3. The maximum atomic E-state index is 5.88. The molecule has 0 bridgehead atoms. The topological polar surface area (TPSA) is 80.8 Å². The molecule has 3 rings (SSSR count). The Balaban J connectivity index is 1.95. The zero-order chi connectivity index (χ0) is 14.7. The normalized spacial score (nSPS) is 18.8. The van der Waals surface area contributed by atoms with E-state index in [1.54, 1.807) is 18.6 Å². The van der Waals surface area contributed by atoms with E-state index in [1.165, 1.54) is 6.42 Å². The Kier molecular flexibility index (Phi) is 4.06. The Bertz CT molecular complexity index is 615. The molecule has 0 saturated carbocycles. The molecular formula is C15H20N6. The lowest BCUT2D eigenvalue weighted by molar-refractivity contribution is 0.458. The second-order valence-corrected chi connectivity index (χ2v) is 5.31. The number of hydrogen-bond donors (Lipinski definition) is 1. The second-order valence-electron chi connectivity index (χ2n) is 5.31. The lowest BCUT2D eigenvalue weighted by atomic mass is 10.0. The van der Waals surface area contributed by atoms with Crippen LogP contribution in [0.3, 0.4) is 0 Å². The van der Waals surface area contributed by atoms with Gasteiger partial charge in [0.25, 0.3) is 0 Å². The minimum Gasteiger partial charge on any atom is -0.337 e. The summed E-state index contributed by atoms with van der Waals surface area (Å²) < 4.78 is 0. The number of rotatable bonds is 3. The van der Waals surface area contributed by atoms with Gasteiger partial charge in [0.05, 0.1) is 11.4 Å². The second kappa shape index (κ2) is 6.13. The van der Waals surface area contributed by atoms with Gasteiger partial charge in [-0.25, -0.2) is 9.97 Å². The molecule has 2 aromatic heterocycles. The lowest BCUT2D eigenvalue weighted by Gasteiger charge is -2.35. The Morgan fingerprint density at radius 3 is 2.86 bits per heavy atom. The standard InChI is InChI=1S/C15H20N6/c1-11-14(18-8-7-17-11)13-5-6-19-15(20-13)21-9-3-2-4-12(21)10-16/h5-8,12H,2-4,9-10,16H2,1H3. The van der Waals surface area contributed by atoms with Gasteiger partial charge in [0.15, 0.2) is 0 Å². The van der Waals surface area contributed by atoms with E-state index in [0.29, 0.717) is 12.6 Å². The summed E-state index contributed by atoms with van der Waals surface area (Å²) in [6, 6.07) is 2.21. The van der Waals surface area contributed by atoms with Gasteiger partial charge in [-0.05, 0) is 32.3 Å². The van der Waals surface area contributed by atoms with Crippen LogP contribution < -0.4 is 10.6 Å². The Hall–Kier alpha value is -2.08. The molecule has 1 fully saturated rings. The summed E-state index contributed by atoms with van der Waals surface area (Å²) in [4.78, 5) is 20.0. The lowest BCUT2D eigenvalue weighted by Crippen LogP contribution is -2.45. The summed E-state index contributed by atoms with van der Waals surface area (Å²) in [6.07, 6.45) is 8.65. The fourth-order valence-corrected chi connectivity index (χ4v) is 2.79. The maximum Gasteiger partial charge on any atom is 0.226 e. The third kappa shape index (κ3) is 2.85. The summed E-state index contributed by atoms with van der Waals surface area (Å²) in [7, 11) is 0. The Morgan fingerprint density at radius 2 is 2.05 bits per heavy atom. The quantitative estimate of drug-likeness (QED) is 0.921. The first-order valence-corrected chi connectivity index (χ1v) is 7.37. The van der Waals surface area contributed by atoms with Gasteiger partial charge in [0.1, 0.15) is 5.69 Å². The van der Waals surface area contributed by atoms with Crippen molar-refractivity contribution in [3.63, 3.8) is 0 Å². The monoisotopic (exact) mass is 284 g/mol. The van der Waals surface area contributed by atoms with E-state index < -0.39 is 0 Å². The molecule has 3 heterocycles. The van der Waals surface area contributed by atoms with E-state index in [9.17, 15) is 0 Å². The number of nitrogens with zero attached hydrogens (tertiary/aromatic N) is 5. The van der Waals surface area contributed by atoms with Gasteiger partial charge in [-0.1, -0.05) is 0 Å². The third-order valence-electron chi connectivity index (χ3n) is 3.92. The molecule has 0 aromatic carbocycles. The van der Waals surface area contributed by atoms with Crippen LogP contribution in [0.25, 0.3) is 11.4 Å². The first kappa shape index (κ1) is 13.9. The smallest absolute Gasteiger partial charge is 0.226 e. The number of aromatic nitrogens is 4. The molecule has 0 radical (unpaired) electrons. The van der Waals surface area contributed by atoms with Gasteiger partial charge in [0.2, 0.25) is 5.95 Å². The molecule has 2 N–H and O–H groups in total. The molecule has 0 aliphatic carbocycles. The summed E-state index contributed by atoms with van der Waals surface area (Å²) in [6.45, 7) is 3.54. The summed E-state index contributed by atoms with van der Waals surface area (Å²) in [5.74, 6) is 0.743. The van der Waals surface area contributed by atoms with Crippen LogP contribution in [0.2, 0.25) is 0 Å².